The first-order valence-electron chi connectivity index (χ1n) is 8.69. The number of rotatable bonds is 4. The molecule has 0 heterocycles. The molecule has 3 aromatic rings. The highest BCUT2D eigenvalue weighted by atomic mass is 35.7. The molecule has 0 bridgehead atoms. The van der Waals surface area contributed by atoms with E-state index in [4.69, 9.17) is 34.8 Å². The fraction of sp³-hybridized carbons (Fsp3) is 0. The summed E-state index contributed by atoms with van der Waals surface area (Å²) in [5.41, 5.74) is 0.0868. The summed E-state index contributed by atoms with van der Waals surface area (Å²) >= 11 is 16.5. The first kappa shape index (κ1) is 28.9. The lowest BCUT2D eigenvalue weighted by molar-refractivity contribution is 0.465. The monoisotopic (exact) mass is 610 g/mol. The highest BCUT2D eigenvalue weighted by Crippen LogP contribution is 3.04. The van der Waals surface area contributed by atoms with E-state index in [9.17, 15) is 31.1 Å². The van der Waals surface area contributed by atoms with E-state index >= 15 is 0 Å². The minimum atomic E-state index is -8.63. The zero-order valence-electron chi connectivity index (χ0n) is 16.4. The van der Waals surface area contributed by atoms with Crippen molar-refractivity contribution in [2.45, 2.75) is 9.79 Å². The summed E-state index contributed by atoms with van der Waals surface area (Å²) in [7, 11) is -13.1. The summed E-state index contributed by atoms with van der Waals surface area (Å²) in [4.78, 5) is -2.89. The Morgan fingerprint density at radius 3 is 1.35 bits per heavy atom. The maximum atomic E-state index is 14.2. The summed E-state index contributed by atoms with van der Waals surface area (Å²) in [6.07, 6.45) is 0. The van der Waals surface area contributed by atoms with E-state index in [-0.39, 0.29) is 15.6 Å². The largest absolute Gasteiger partial charge is 0.253 e. The van der Waals surface area contributed by atoms with Crippen LogP contribution in [0, 0.1) is 0 Å². The Balaban J connectivity index is 0.000000270. The second kappa shape index (κ2) is 8.11. The molecule has 0 N–H and O–H groups in total. The molecular formula is C20H14Cl4F8S2. The number of hydrogen-bond donors (Lipinski definition) is 0. The van der Waals surface area contributed by atoms with Crippen LogP contribution >= 0.6 is 64.4 Å². The van der Waals surface area contributed by atoms with Gasteiger partial charge in [-0.05, 0) is 54.1 Å². The Morgan fingerprint density at radius 1 is 0.588 bits per heavy atom. The molecule has 0 saturated heterocycles. The van der Waals surface area contributed by atoms with Crippen LogP contribution < -0.4 is 0 Å². The molecule has 14 heteroatoms. The minimum Gasteiger partial charge on any atom is -0.117 e. The standard InChI is InChI=1S/C14H10Cl2F4S.C6H4Cl2F4S/c15-12-6-8-13(9-7-12)21(17,18,19,20)10-14(16)11-4-2-1-3-5-11;7-5-1-3-6(4-2-5)13(8,9,10,11)12/h1-10H;1-4H/b14-10+;. The zero-order chi connectivity index (χ0) is 26.2. The van der Waals surface area contributed by atoms with Gasteiger partial charge in [0.05, 0.1) is 20.2 Å². The van der Waals surface area contributed by atoms with E-state index in [0.29, 0.717) is 24.3 Å². The van der Waals surface area contributed by atoms with Crippen LogP contribution in [0.25, 0.3) is 5.03 Å². The molecule has 0 unspecified atom stereocenters. The Morgan fingerprint density at radius 2 is 0.971 bits per heavy atom. The van der Waals surface area contributed by atoms with Crippen molar-refractivity contribution in [3.05, 3.63) is 99.9 Å². The predicted molar refractivity (Wildman–Crippen MR) is 130 cm³/mol. The van der Waals surface area contributed by atoms with Gasteiger partial charge in [0.15, 0.2) is 0 Å². The Hall–Kier alpha value is -1.30. The second-order valence-electron chi connectivity index (χ2n) is 6.84. The van der Waals surface area contributed by atoms with Crippen LogP contribution in [-0.2, 0) is 0 Å². The van der Waals surface area contributed by atoms with Gasteiger partial charge in [0.2, 0.25) is 9.84 Å². The van der Waals surface area contributed by atoms with Crippen molar-refractivity contribution in [2.24, 2.45) is 0 Å². The Bertz CT molecular complexity index is 1210. The summed E-state index contributed by atoms with van der Waals surface area (Å²) < 4.78 is 107. The molecule has 0 aliphatic rings. The zero-order valence-corrected chi connectivity index (χ0v) is 21.1. The van der Waals surface area contributed by atoms with Gasteiger partial charge in [-0.25, -0.2) is 0 Å². The van der Waals surface area contributed by atoms with Gasteiger partial charge in [-0.15, -0.1) is 31.1 Å². The van der Waals surface area contributed by atoms with E-state index < -0.39 is 39.1 Å². The predicted octanol–water partition coefficient (Wildman–Crippen LogP) is 12.6. The molecule has 0 spiro atoms. The van der Waals surface area contributed by atoms with Gasteiger partial charge in [0, 0.05) is 20.7 Å². The molecular weight excluding hydrogens is 598 g/mol. The molecule has 3 rings (SSSR count). The third-order valence-electron chi connectivity index (χ3n) is 3.96. The fourth-order valence-electron chi connectivity index (χ4n) is 2.35. The normalized spacial score (nSPS) is 16.8. The molecule has 190 valence electrons. The van der Waals surface area contributed by atoms with Crippen LogP contribution in [-0.4, -0.2) is 0 Å². The summed E-state index contributed by atoms with van der Waals surface area (Å²) in [5.74, 6) is 0. The van der Waals surface area contributed by atoms with E-state index in [1.165, 1.54) is 24.3 Å². The van der Waals surface area contributed by atoms with Crippen LogP contribution in [0.15, 0.2) is 94.1 Å². The van der Waals surface area contributed by atoms with Crippen molar-refractivity contribution in [3.8, 4) is 0 Å². The summed E-state index contributed by atoms with van der Waals surface area (Å²) in [5, 5.41) is -0.963. The highest BCUT2D eigenvalue weighted by Gasteiger charge is 2.63. The van der Waals surface area contributed by atoms with Crippen LogP contribution in [0.4, 0.5) is 31.1 Å². The van der Waals surface area contributed by atoms with E-state index in [0.717, 1.165) is 24.3 Å². The van der Waals surface area contributed by atoms with Crippen LogP contribution in [0.1, 0.15) is 5.56 Å². The lowest BCUT2D eigenvalue weighted by Crippen LogP contribution is -2.10. The maximum Gasteiger partial charge on any atom is 0.253 e. The first-order chi connectivity index (χ1) is 15.0. The topological polar surface area (TPSA) is 0 Å². The van der Waals surface area contributed by atoms with Crippen molar-refractivity contribution < 1.29 is 31.1 Å². The molecule has 0 radical (unpaired) electrons. The average molecular weight is 612 g/mol. The Kier molecular flexibility index (Phi) is 6.90. The van der Waals surface area contributed by atoms with Gasteiger partial charge in [-0.2, -0.15) is 0 Å². The van der Waals surface area contributed by atoms with Gasteiger partial charge in [-0.1, -0.05) is 65.1 Å². The van der Waals surface area contributed by atoms with Crippen LogP contribution in [0.2, 0.25) is 10.0 Å². The number of halogens is 12. The molecule has 0 atom stereocenters. The number of benzene rings is 3. The molecule has 0 aliphatic heterocycles. The van der Waals surface area contributed by atoms with Crippen molar-refractivity contribution in [2.75, 3.05) is 0 Å². The quantitative estimate of drug-likeness (QED) is 0.257. The molecule has 0 amide bonds. The third-order valence-corrected chi connectivity index (χ3v) is 8.58. The SMILES string of the molecule is FS(F)(F)(F)(/C=C(/Cl)c1ccccc1)c1ccc(Cl)cc1.FS(F)(F)(F)(Cl)c1ccc(Cl)cc1. The second-order valence-corrected chi connectivity index (χ2v) is 15.4. The van der Waals surface area contributed by atoms with Crippen molar-refractivity contribution in [1.82, 2.24) is 0 Å². The van der Waals surface area contributed by atoms with E-state index in [1.807, 2.05) is 0 Å². The van der Waals surface area contributed by atoms with Crippen LogP contribution in [0.5, 0.6) is 0 Å². The molecule has 0 saturated carbocycles. The highest BCUT2D eigenvalue weighted by molar-refractivity contribution is 8.65. The smallest absolute Gasteiger partial charge is 0.117 e. The molecule has 0 aliphatic carbocycles. The van der Waals surface area contributed by atoms with E-state index in [2.05, 4.69) is 10.7 Å². The Labute approximate surface area is 209 Å². The minimum absolute atomic E-state index is 0.0854. The van der Waals surface area contributed by atoms with Gasteiger partial charge in [0.1, 0.15) is 0 Å². The fourth-order valence-corrected chi connectivity index (χ4v) is 5.62. The number of hydrogen-bond acceptors (Lipinski definition) is 0. The summed E-state index contributed by atoms with van der Waals surface area (Å²) in [6.45, 7) is 0. The van der Waals surface area contributed by atoms with Gasteiger partial charge < -0.3 is 0 Å². The average Bonchev–Trinajstić information content (AvgIpc) is 2.67. The lowest BCUT2D eigenvalue weighted by atomic mass is 10.2. The maximum absolute atomic E-state index is 14.2. The van der Waals surface area contributed by atoms with E-state index in [1.54, 1.807) is 6.07 Å². The molecule has 3 aromatic carbocycles. The molecule has 0 nitrogen and oxygen atoms in total. The third kappa shape index (κ3) is 8.13. The van der Waals surface area contributed by atoms with Crippen LogP contribution in [0.3, 0.4) is 0 Å². The van der Waals surface area contributed by atoms with Crippen molar-refractivity contribution >= 4 is 69.4 Å². The van der Waals surface area contributed by atoms with Gasteiger partial charge in [0.25, 0.3) is 9.05 Å². The van der Waals surface area contributed by atoms with Crippen molar-refractivity contribution in [1.29, 1.82) is 0 Å². The molecule has 0 fully saturated rings. The first-order valence-corrected chi connectivity index (χ1v) is 14.8. The molecule has 34 heavy (non-hydrogen) atoms. The van der Waals surface area contributed by atoms with Crippen molar-refractivity contribution in [3.63, 3.8) is 0 Å². The lowest BCUT2D eigenvalue weighted by Gasteiger charge is -2.47. The van der Waals surface area contributed by atoms with Gasteiger partial charge in [-0.3, -0.25) is 0 Å². The summed E-state index contributed by atoms with van der Waals surface area (Å²) in [6, 6.07) is 13.5. The molecule has 0 aromatic heterocycles. The van der Waals surface area contributed by atoms with Gasteiger partial charge >= 0.3 is 0 Å².